The van der Waals surface area contributed by atoms with E-state index in [0.29, 0.717) is 16.9 Å². The largest absolute Gasteiger partial charge is 0.466 e. The Morgan fingerprint density at radius 1 is 1.31 bits per heavy atom. The number of nitrogens with zero attached hydrogens (tertiary/aromatic N) is 1. The van der Waals surface area contributed by atoms with E-state index < -0.39 is 23.8 Å². The van der Waals surface area contributed by atoms with Crippen LogP contribution in [0.25, 0.3) is 0 Å². The van der Waals surface area contributed by atoms with Crippen LogP contribution in [-0.4, -0.2) is 47.1 Å². The van der Waals surface area contributed by atoms with Gasteiger partial charge in [-0.2, -0.15) is 5.10 Å². The van der Waals surface area contributed by atoms with Gasteiger partial charge in [0.05, 0.1) is 31.3 Å². The summed E-state index contributed by atoms with van der Waals surface area (Å²) >= 11 is 0. The van der Waals surface area contributed by atoms with Crippen LogP contribution in [0.15, 0.2) is 36.5 Å². The zero-order chi connectivity index (χ0) is 21.2. The molecule has 2 aromatic rings. The molecule has 0 radical (unpaired) electrons. The van der Waals surface area contributed by atoms with E-state index in [1.807, 2.05) is 0 Å². The summed E-state index contributed by atoms with van der Waals surface area (Å²) in [6.45, 7) is 1.62. The average Bonchev–Trinajstić information content (AvgIpc) is 3.20. The highest BCUT2D eigenvalue weighted by Crippen LogP contribution is 2.14. The minimum atomic E-state index is -0.687. The third-order valence-corrected chi connectivity index (χ3v) is 3.70. The number of aromatic amines is 1. The lowest BCUT2D eigenvalue weighted by molar-refractivity contribution is -0.143. The number of ether oxygens (including phenoxy) is 1. The molecule has 0 spiro atoms. The number of guanidine groups is 1. The first-order valence-electron chi connectivity index (χ1n) is 8.83. The molecule has 11 heteroatoms. The van der Waals surface area contributed by atoms with Gasteiger partial charge in [0.1, 0.15) is 0 Å². The molecule has 0 aliphatic heterocycles. The van der Waals surface area contributed by atoms with Crippen molar-refractivity contribution in [3.05, 3.63) is 47.8 Å². The van der Waals surface area contributed by atoms with Gasteiger partial charge in [-0.05, 0) is 31.2 Å². The monoisotopic (exact) mass is 401 g/mol. The van der Waals surface area contributed by atoms with Gasteiger partial charge in [-0.3, -0.25) is 24.9 Å². The van der Waals surface area contributed by atoms with Gasteiger partial charge in [-0.1, -0.05) is 6.07 Å². The van der Waals surface area contributed by atoms with Gasteiger partial charge in [-0.15, -0.1) is 0 Å². The molecule has 0 bridgehead atoms. The number of aromatic nitrogens is 2. The number of esters is 1. The number of amides is 2. The maximum Gasteiger partial charge on any atom is 0.308 e. The first kappa shape index (κ1) is 21.4. The SMILES string of the molecule is CCOC(=O)CC(NC(=O)CNC(=O)c1cccc(NC(=N)N)c1)c1cc[nH]n1. The molecule has 2 rings (SSSR count). The van der Waals surface area contributed by atoms with Crippen molar-refractivity contribution < 1.29 is 19.1 Å². The van der Waals surface area contributed by atoms with Gasteiger partial charge in [0, 0.05) is 17.4 Å². The van der Waals surface area contributed by atoms with E-state index in [2.05, 4.69) is 26.1 Å². The summed E-state index contributed by atoms with van der Waals surface area (Å²) in [7, 11) is 0. The Morgan fingerprint density at radius 2 is 2.10 bits per heavy atom. The number of nitrogens with one attached hydrogen (secondary N) is 5. The molecule has 1 atom stereocenters. The molecular weight excluding hydrogens is 378 g/mol. The molecule has 29 heavy (non-hydrogen) atoms. The highest BCUT2D eigenvalue weighted by molar-refractivity contribution is 5.98. The van der Waals surface area contributed by atoms with Crippen molar-refractivity contribution in [2.24, 2.45) is 5.73 Å². The van der Waals surface area contributed by atoms with Crippen molar-refractivity contribution in [2.45, 2.75) is 19.4 Å². The van der Waals surface area contributed by atoms with Gasteiger partial charge < -0.3 is 26.4 Å². The van der Waals surface area contributed by atoms with Crippen LogP contribution in [0.4, 0.5) is 5.69 Å². The fourth-order valence-electron chi connectivity index (χ4n) is 2.48. The van der Waals surface area contributed by atoms with Crippen molar-refractivity contribution in [1.29, 1.82) is 5.41 Å². The Labute approximate surface area is 166 Å². The zero-order valence-electron chi connectivity index (χ0n) is 15.8. The molecule has 0 saturated heterocycles. The smallest absolute Gasteiger partial charge is 0.308 e. The summed E-state index contributed by atoms with van der Waals surface area (Å²) < 4.78 is 4.92. The Morgan fingerprint density at radius 3 is 2.76 bits per heavy atom. The number of H-pyrrole nitrogens is 1. The minimum absolute atomic E-state index is 0.0862. The average molecular weight is 401 g/mol. The number of carbonyl (C=O) groups is 3. The lowest BCUT2D eigenvalue weighted by Crippen LogP contribution is -2.39. The molecular formula is C18H23N7O4. The Kier molecular flexibility index (Phi) is 7.71. The number of carbonyl (C=O) groups excluding carboxylic acids is 3. The van der Waals surface area contributed by atoms with Gasteiger partial charge in [0.2, 0.25) is 5.91 Å². The standard InChI is InChI=1S/C18H23N7O4/c1-2-29-16(27)9-14(13-6-7-22-25-13)24-15(26)10-21-17(28)11-4-3-5-12(8-11)23-18(19)20/h3-8,14H,2,9-10H2,1H3,(H,21,28)(H,22,25)(H,24,26)(H4,19,20,23). The number of rotatable bonds is 9. The molecule has 1 aromatic heterocycles. The molecule has 1 aromatic carbocycles. The summed E-state index contributed by atoms with van der Waals surface area (Å²) in [6, 6.07) is 7.28. The van der Waals surface area contributed by atoms with E-state index in [-0.39, 0.29) is 25.5 Å². The maximum absolute atomic E-state index is 12.3. The highest BCUT2D eigenvalue weighted by Gasteiger charge is 2.21. The lowest BCUT2D eigenvalue weighted by Gasteiger charge is -2.16. The van der Waals surface area contributed by atoms with Crippen molar-refractivity contribution >= 4 is 29.4 Å². The normalized spacial score (nSPS) is 11.2. The Balaban J connectivity index is 1.93. The summed E-state index contributed by atoms with van der Waals surface area (Å²) in [5.74, 6) is -1.70. The molecule has 1 unspecified atom stereocenters. The first-order valence-corrected chi connectivity index (χ1v) is 8.83. The third kappa shape index (κ3) is 6.97. The van der Waals surface area contributed by atoms with Crippen LogP contribution in [0.5, 0.6) is 0 Å². The van der Waals surface area contributed by atoms with Gasteiger partial charge in [-0.25, -0.2) is 0 Å². The van der Waals surface area contributed by atoms with E-state index >= 15 is 0 Å². The first-order chi connectivity index (χ1) is 13.9. The summed E-state index contributed by atoms with van der Waals surface area (Å²) in [6.07, 6.45) is 1.49. The van der Waals surface area contributed by atoms with E-state index in [4.69, 9.17) is 15.9 Å². The predicted molar refractivity (Wildman–Crippen MR) is 105 cm³/mol. The number of nitrogens with two attached hydrogens (primary N) is 1. The van der Waals surface area contributed by atoms with E-state index in [0.717, 1.165) is 0 Å². The van der Waals surface area contributed by atoms with Crippen LogP contribution in [0.2, 0.25) is 0 Å². The number of hydrogen-bond acceptors (Lipinski definition) is 6. The summed E-state index contributed by atoms with van der Waals surface area (Å²) in [4.78, 5) is 36.3. The van der Waals surface area contributed by atoms with E-state index in [1.165, 1.54) is 6.07 Å². The van der Waals surface area contributed by atoms with Crippen molar-refractivity contribution in [3.8, 4) is 0 Å². The van der Waals surface area contributed by atoms with Gasteiger partial charge >= 0.3 is 5.97 Å². The van der Waals surface area contributed by atoms with Crippen LogP contribution in [0.3, 0.4) is 0 Å². The van der Waals surface area contributed by atoms with E-state index in [9.17, 15) is 14.4 Å². The lowest BCUT2D eigenvalue weighted by atomic mass is 10.1. The van der Waals surface area contributed by atoms with Crippen molar-refractivity contribution in [1.82, 2.24) is 20.8 Å². The summed E-state index contributed by atoms with van der Waals surface area (Å²) in [5, 5.41) is 21.6. The van der Waals surface area contributed by atoms with Crippen LogP contribution in [0, 0.1) is 5.41 Å². The Bertz CT molecular complexity index is 867. The maximum atomic E-state index is 12.3. The molecule has 154 valence electrons. The molecule has 11 nitrogen and oxygen atoms in total. The fourth-order valence-corrected chi connectivity index (χ4v) is 2.48. The van der Waals surface area contributed by atoms with Gasteiger partial charge in [0.15, 0.2) is 5.96 Å². The third-order valence-electron chi connectivity index (χ3n) is 3.70. The molecule has 7 N–H and O–H groups in total. The predicted octanol–water partition coefficient (Wildman–Crippen LogP) is 0.256. The topological polar surface area (TPSA) is 175 Å². The second-order valence-electron chi connectivity index (χ2n) is 5.93. The molecule has 0 aliphatic carbocycles. The van der Waals surface area contributed by atoms with Crippen LogP contribution >= 0.6 is 0 Å². The molecule has 0 saturated carbocycles. The highest BCUT2D eigenvalue weighted by atomic mass is 16.5. The van der Waals surface area contributed by atoms with Crippen molar-refractivity contribution in [3.63, 3.8) is 0 Å². The second kappa shape index (κ2) is 10.4. The molecule has 0 aliphatic rings. The quantitative estimate of drug-likeness (QED) is 0.198. The fraction of sp³-hybridized carbons (Fsp3) is 0.278. The van der Waals surface area contributed by atoms with E-state index in [1.54, 1.807) is 37.4 Å². The molecule has 1 heterocycles. The minimum Gasteiger partial charge on any atom is -0.466 e. The second-order valence-corrected chi connectivity index (χ2v) is 5.93. The number of hydrogen-bond donors (Lipinski definition) is 6. The van der Waals surface area contributed by atoms with Crippen LogP contribution in [0.1, 0.15) is 35.4 Å². The zero-order valence-corrected chi connectivity index (χ0v) is 15.8. The number of anilines is 1. The molecule has 2 amide bonds. The number of benzene rings is 1. The van der Waals surface area contributed by atoms with Crippen molar-refractivity contribution in [2.75, 3.05) is 18.5 Å². The Hall–Kier alpha value is -3.89. The van der Waals surface area contributed by atoms with Gasteiger partial charge in [0.25, 0.3) is 5.91 Å². The molecule has 0 fully saturated rings. The van der Waals surface area contributed by atoms with Crippen LogP contribution < -0.4 is 21.7 Å². The summed E-state index contributed by atoms with van der Waals surface area (Å²) in [5.41, 5.74) is 6.51. The van der Waals surface area contributed by atoms with Crippen LogP contribution in [-0.2, 0) is 14.3 Å².